The number of para-hydroxylation sites is 1. The molecule has 7 nitrogen and oxygen atoms in total. The van der Waals surface area contributed by atoms with Crippen LogP contribution in [0.5, 0.6) is 0 Å². The van der Waals surface area contributed by atoms with Crippen molar-refractivity contribution in [2.75, 3.05) is 0 Å². The number of carbonyl (C=O) groups is 1. The minimum Gasteiger partial charge on any atom is -0.451 e. The summed E-state index contributed by atoms with van der Waals surface area (Å²) in [5, 5.41) is 5.15. The lowest BCUT2D eigenvalue weighted by Gasteiger charge is -2.40. The Bertz CT molecular complexity index is 1350. The summed E-state index contributed by atoms with van der Waals surface area (Å²) in [6.07, 6.45) is 1.91. The average Bonchev–Trinajstić information content (AvgIpc) is 3.48. The van der Waals surface area contributed by atoms with Crippen LogP contribution >= 0.6 is 0 Å². The molecule has 2 saturated heterocycles. The third kappa shape index (κ3) is 2.76. The number of furan rings is 1. The van der Waals surface area contributed by atoms with E-state index in [4.69, 9.17) is 4.42 Å². The molecule has 2 bridgehead atoms. The average molecular weight is 437 g/mol. The molecule has 4 aromatic rings. The highest BCUT2D eigenvalue weighted by Crippen LogP contribution is 2.45. The van der Waals surface area contributed by atoms with Gasteiger partial charge >= 0.3 is 0 Å². The Labute approximate surface area is 182 Å². The molecule has 0 N–H and O–H groups in total. The molecule has 0 spiro atoms. The van der Waals surface area contributed by atoms with Gasteiger partial charge in [0.2, 0.25) is 0 Å². The number of amides is 1. The third-order valence-electron chi connectivity index (χ3n) is 7.00. The van der Waals surface area contributed by atoms with Gasteiger partial charge in [-0.15, -0.1) is 0 Å². The number of carbonyl (C=O) groups excluding carboxylic acids is 1. The van der Waals surface area contributed by atoms with Crippen LogP contribution < -0.4 is 0 Å². The fourth-order valence-electron chi connectivity index (χ4n) is 5.54. The van der Waals surface area contributed by atoms with Crippen LogP contribution in [0.25, 0.3) is 16.7 Å². The maximum Gasteiger partial charge on any atom is 0.290 e. The summed E-state index contributed by atoms with van der Waals surface area (Å²) in [5.41, 5.74) is 1.84. The number of hydrogen-bond acceptors (Lipinski definition) is 5. The van der Waals surface area contributed by atoms with Crippen LogP contribution in [-0.4, -0.2) is 42.5 Å². The highest BCUT2D eigenvalue weighted by Gasteiger charge is 2.47. The molecule has 0 saturated carbocycles. The van der Waals surface area contributed by atoms with E-state index in [1.54, 1.807) is 0 Å². The summed E-state index contributed by atoms with van der Waals surface area (Å²) in [6, 6.07) is 9.04. The van der Waals surface area contributed by atoms with Crippen molar-refractivity contribution in [2.24, 2.45) is 0 Å². The second-order valence-corrected chi connectivity index (χ2v) is 8.63. The van der Waals surface area contributed by atoms with Crippen LogP contribution in [0.1, 0.15) is 65.5 Å². The lowest BCUT2D eigenvalue weighted by molar-refractivity contribution is 0.0523. The Morgan fingerprint density at radius 3 is 2.81 bits per heavy atom. The normalized spacial score (nSPS) is 23.0. The van der Waals surface area contributed by atoms with E-state index in [1.807, 2.05) is 36.1 Å². The number of halogens is 2. The van der Waals surface area contributed by atoms with Crippen LogP contribution in [-0.2, 0) is 0 Å². The van der Waals surface area contributed by atoms with Crippen molar-refractivity contribution in [3.8, 4) is 0 Å². The van der Waals surface area contributed by atoms with Gasteiger partial charge in [-0.25, -0.2) is 18.3 Å². The van der Waals surface area contributed by atoms with E-state index in [0.717, 1.165) is 36.6 Å². The first-order chi connectivity index (χ1) is 15.5. The van der Waals surface area contributed by atoms with Gasteiger partial charge in [-0.2, -0.15) is 10.1 Å². The zero-order valence-electron chi connectivity index (χ0n) is 17.4. The van der Waals surface area contributed by atoms with E-state index in [-0.39, 0.29) is 35.4 Å². The first-order valence-electron chi connectivity index (χ1n) is 10.8. The zero-order chi connectivity index (χ0) is 22.0. The molecule has 3 aromatic heterocycles. The molecule has 0 radical (unpaired) electrons. The molecule has 3 atom stereocenters. The van der Waals surface area contributed by atoms with Gasteiger partial charge in [0.1, 0.15) is 17.6 Å². The van der Waals surface area contributed by atoms with Crippen LogP contribution in [0.3, 0.4) is 0 Å². The Balaban J connectivity index is 1.42. The molecule has 32 heavy (non-hydrogen) atoms. The number of rotatable bonds is 3. The highest BCUT2D eigenvalue weighted by atomic mass is 19.3. The van der Waals surface area contributed by atoms with E-state index in [9.17, 15) is 13.6 Å². The van der Waals surface area contributed by atoms with Crippen molar-refractivity contribution in [2.45, 2.75) is 57.0 Å². The minimum atomic E-state index is -2.70. The van der Waals surface area contributed by atoms with Gasteiger partial charge in [0.15, 0.2) is 5.76 Å². The highest BCUT2D eigenvalue weighted by molar-refractivity contribution is 5.99. The van der Waals surface area contributed by atoms with Crippen LogP contribution in [0, 0.1) is 6.92 Å². The smallest absolute Gasteiger partial charge is 0.290 e. The second-order valence-electron chi connectivity index (χ2n) is 8.63. The van der Waals surface area contributed by atoms with E-state index in [0.29, 0.717) is 17.0 Å². The topological polar surface area (TPSA) is 76.5 Å². The molecule has 9 heteroatoms. The molecule has 0 aliphatic carbocycles. The molecule has 0 unspecified atom stereocenters. The predicted octanol–water partition coefficient (Wildman–Crippen LogP) is 4.67. The molecular formula is C23H21F2N5O2. The maximum absolute atomic E-state index is 13.7. The van der Waals surface area contributed by atoms with Crippen molar-refractivity contribution in [1.29, 1.82) is 0 Å². The van der Waals surface area contributed by atoms with Crippen molar-refractivity contribution >= 4 is 22.7 Å². The number of hydrogen-bond donors (Lipinski definition) is 0. The largest absolute Gasteiger partial charge is 0.451 e. The predicted molar refractivity (Wildman–Crippen MR) is 112 cm³/mol. The molecule has 6 rings (SSSR count). The van der Waals surface area contributed by atoms with Gasteiger partial charge in [0, 0.05) is 29.0 Å². The summed E-state index contributed by atoms with van der Waals surface area (Å²) >= 11 is 0. The van der Waals surface area contributed by atoms with Crippen LogP contribution in [0.2, 0.25) is 0 Å². The molecule has 5 heterocycles. The van der Waals surface area contributed by atoms with Gasteiger partial charge in [-0.1, -0.05) is 18.2 Å². The fraction of sp³-hybridized carbons (Fsp3) is 0.391. The minimum absolute atomic E-state index is 0.116. The van der Waals surface area contributed by atoms with Gasteiger partial charge in [0.05, 0.1) is 5.69 Å². The van der Waals surface area contributed by atoms with E-state index < -0.39 is 6.43 Å². The molecule has 1 amide bonds. The quantitative estimate of drug-likeness (QED) is 0.466. The number of aryl methyl sites for hydroxylation is 1. The van der Waals surface area contributed by atoms with Crippen molar-refractivity contribution in [3.63, 3.8) is 0 Å². The lowest BCUT2D eigenvalue weighted by Crippen LogP contribution is -2.47. The third-order valence-corrected chi connectivity index (χ3v) is 7.00. The second kappa shape index (κ2) is 7.08. The molecule has 1 aromatic carbocycles. The standard InChI is InChI=1S/C23H21F2N5O2/c1-12-14-4-2-3-5-19(14)32-20(12)22(31)29-13-6-8-15(17(29)9-7-13)18-10-16(21(24)25)28-23-26-11-27-30(18)23/h2-5,10-11,13,15,17,21H,6-9H2,1H3/t13-,15-,17-/m1/s1. The van der Waals surface area contributed by atoms with Crippen LogP contribution in [0.15, 0.2) is 41.1 Å². The summed E-state index contributed by atoms with van der Waals surface area (Å²) < 4.78 is 34.5. The number of piperidine rings is 1. The molecule has 2 aliphatic heterocycles. The lowest BCUT2D eigenvalue weighted by atomic mass is 9.86. The van der Waals surface area contributed by atoms with Gasteiger partial charge < -0.3 is 9.32 Å². The Kier molecular flexibility index (Phi) is 4.28. The monoisotopic (exact) mass is 437 g/mol. The number of benzene rings is 1. The first-order valence-corrected chi connectivity index (χ1v) is 10.8. The van der Waals surface area contributed by atoms with E-state index >= 15 is 0 Å². The van der Waals surface area contributed by atoms with E-state index in [1.165, 1.54) is 16.9 Å². The molecule has 2 fully saturated rings. The van der Waals surface area contributed by atoms with E-state index in [2.05, 4.69) is 15.1 Å². The van der Waals surface area contributed by atoms with Crippen molar-refractivity contribution in [1.82, 2.24) is 24.5 Å². The number of nitrogens with zero attached hydrogens (tertiary/aromatic N) is 5. The van der Waals surface area contributed by atoms with Gasteiger partial charge in [-0.05, 0) is 44.7 Å². The summed E-state index contributed by atoms with van der Waals surface area (Å²) in [7, 11) is 0. The zero-order valence-corrected chi connectivity index (χ0v) is 17.4. The molecule has 164 valence electrons. The Hall–Kier alpha value is -3.36. The molecule has 2 aliphatic rings. The fourth-order valence-corrected chi connectivity index (χ4v) is 5.54. The van der Waals surface area contributed by atoms with Gasteiger partial charge in [0.25, 0.3) is 18.1 Å². The summed E-state index contributed by atoms with van der Waals surface area (Å²) in [6.45, 7) is 1.90. The number of alkyl halides is 2. The van der Waals surface area contributed by atoms with Crippen molar-refractivity contribution in [3.05, 3.63) is 59.4 Å². The van der Waals surface area contributed by atoms with Crippen LogP contribution in [0.4, 0.5) is 8.78 Å². The molecular weight excluding hydrogens is 416 g/mol. The van der Waals surface area contributed by atoms with Gasteiger partial charge in [-0.3, -0.25) is 4.79 Å². The Morgan fingerprint density at radius 1 is 1.19 bits per heavy atom. The number of fused-ring (bicyclic) bond motifs is 4. The summed E-state index contributed by atoms with van der Waals surface area (Å²) in [5.74, 6) is 0.252. The Morgan fingerprint density at radius 2 is 2.00 bits per heavy atom. The summed E-state index contributed by atoms with van der Waals surface area (Å²) in [4.78, 5) is 23.6. The van der Waals surface area contributed by atoms with Crippen molar-refractivity contribution < 1.29 is 18.0 Å². The first kappa shape index (κ1) is 19.3. The SMILES string of the molecule is Cc1c(C(=O)N2[C@H]3CC[C@@H]2[C@H](c2cc(C(F)F)nc4ncnn24)CC3)oc2ccccc12. The maximum atomic E-state index is 13.7. The number of aromatic nitrogens is 4.